The van der Waals surface area contributed by atoms with Gasteiger partial charge in [-0.15, -0.1) is 5.10 Å². The van der Waals surface area contributed by atoms with Crippen LogP contribution in [0.15, 0.2) is 40.6 Å². The first-order valence-electron chi connectivity index (χ1n) is 6.35. The number of benzene rings is 1. The van der Waals surface area contributed by atoms with Gasteiger partial charge in [0.25, 0.3) is 0 Å². The van der Waals surface area contributed by atoms with Gasteiger partial charge in [0.2, 0.25) is 9.93 Å². The lowest BCUT2D eigenvalue weighted by Gasteiger charge is -2.00. The number of nitrogens with one attached hydrogen (secondary N) is 1. The molecule has 0 unspecified atom stereocenters. The number of aryl methyl sites for hydroxylation is 1. The average Bonchev–Trinajstić information content (AvgIpc) is 3.10. The van der Waals surface area contributed by atoms with E-state index >= 15 is 0 Å². The summed E-state index contributed by atoms with van der Waals surface area (Å²) in [4.78, 5) is 0. The van der Waals surface area contributed by atoms with E-state index in [9.17, 15) is 0 Å². The second-order valence-electron chi connectivity index (χ2n) is 4.29. The van der Waals surface area contributed by atoms with Gasteiger partial charge in [-0.2, -0.15) is 14.9 Å². The number of H-pyrrole nitrogens is 1. The number of aromatic amines is 1. The van der Waals surface area contributed by atoms with Crippen molar-refractivity contribution in [2.45, 2.75) is 10.9 Å². The van der Waals surface area contributed by atoms with Crippen LogP contribution in [0.3, 0.4) is 0 Å². The molecule has 0 radical (unpaired) electrons. The first-order chi connectivity index (χ1) is 10.7. The van der Waals surface area contributed by atoms with E-state index in [1.54, 1.807) is 22.6 Å². The molecule has 22 heavy (non-hydrogen) atoms. The van der Waals surface area contributed by atoms with E-state index in [0.29, 0.717) is 21.5 Å². The summed E-state index contributed by atoms with van der Waals surface area (Å²) in [6, 6.07) is 9.79. The van der Waals surface area contributed by atoms with E-state index in [2.05, 4.69) is 30.8 Å². The summed E-state index contributed by atoms with van der Waals surface area (Å²) in [6.07, 6.45) is 1.74. The van der Waals surface area contributed by atoms with Crippen molar-refractivity contribution in [1.29, 1.82) is 0 Å². The Labute approximate surface area is 135 Å². The van der Waals surface area contributed by atoms with Crippen molar-refractivity contribution in [2.75, 3.05) is 0 Å². The molecule has 10 heteroatoms. The monoisotopic (exact) mass is 332 g/mol. The van der Waals surface area contributed by atoms with E-state index in [-0.39, 0.29) is 0 Å². The molecule has 0 saturated carbocycles. The van der Waals surface area contributed by atoms with E-state index in [1.165, 1.54) is 11.8 Å². The number of thioether (sulfide) groups is 1. The number of nitrogens with zero attached hydrogens (tertiary/aromatic N) is 7. The zero-order chi connectivity index (χ0) is 15.4. The van der Waals surface area contributed by atoms with Gasteiger partial charge in [0, 0.05) is 7.05 Å². The molecule has 1 aromatic carbocycles. The number of hydrogen-bond acceptors (Lipinski definition) is 7. The third-order valence-electron chi connectivity index (χ3n) is 2.75. The summed E-state index contributed by atoms with van der Waals surface area (Å²) in [6.45, 7) is 0. The minimum atomic E-state index is 0.443. The number of tetrazole rings is 1. The largest absolute Gasteiger partial charge is 0.250 e. The topological polar surface area (TPSA) is 89.6 Å². The highest BCUT2D eigenvalue weighted by molar-refractivity contribution is 7.98. The van der Waals surface area contributed by atoms with Crippen LogP contribution >= 0.6 is 24.0 Å². The maximum atomic E-state index is 5.20. The summed E-state index contributed by atoms with van der Waals surface area (Å²) in [5.41, 5.74) is 0.988. The lowest BCUT2D eigenvalue weighted by atomic mass is 10.2. The molecule has 0 saturated heterocycles. The Morgan fingerprint density at radius 3 is 2.91 bits per heavy atom. The second kappa shape index (κ2) is 6.62. The fraction of sp³-hybridized carbons (Fsp3) is 0.167. The smallest absolute Gasteiger partial charge is 0.216 e. The molecule has 0 fully saturated rings. The Balaban J connectivity index is 1.78. The van der Waals surface area contributed by atoms with Crippen LogP contribution < -0.4 is 0 Å². The Bertz CT molecular complexity index is 832. The minimum absolute atomic E-state index is 0.443. The van der Waals surface area contributed by atoms with Gasteiger partial charge in [0.1, 0.15) is 0 Å². The Morgan fingerprint density at radius 1 is 1.36 bits per heavy atom. The summed E-state index contributed by atoms with van der Waals surface area (Å²) in [5.74, 6) is 1.25. The van der Waals surface area contributed by atoms with Crippen molar-refractivity contribution in [1.82, 2.24) is 35.1 Å². The average molecular weight is 332 g/mol. The highest BCUT2D eigenvalue weighted by atomic mass is 32.2. The molecule has 0 atom stereocenters. The van der Waals surface area contributed by atoms with Crippen LogP contribution in [0.5, 0.6) is 0 Å². The molecule has 0 aliphatic rings. The van der Waals surface area contributed by atoms with Crippen LogP contribution in [0.2, 0.25) is 0 Å². The van der Waals surface area contributed by atoms with Gasteiger partial charge in [-0.1, -0.05) is 42.1 Å². The molecule has 0 spiro atoms. The maximum Gasteiger partial charge on any atom is 0.216 e. The normalized spacial score (nSPS) is 11.3. The van der Waals surface area contributed by atoms with Gasteiger partial charge in [-0.3, -0.25) is 5.10 Å². The molecule has 3 aromatic rings. The van der Waals surface area contributed by atoms with Crippen LogP contribution in [0.4, 0.5) is 0 Å². The van der Waals surface area contributed by atoms with E-state index in [0.717, 1.165) is 5.56 Å². The highest BCUT2D eigenvalue weighted by Gasteiger charge is 2.09. The predicted octanol–water partition coefficient (Wildman–Crippen LogP) is 1.64. The summed E-state index contributed by atoms with van der Waals surface area (Å²) in [7, 11) is 1.78. The van der Waals surface area contributed by atoms with Crippen molar-refractivity contribution < 1.29 is 0 Å². The predicted molar refractivity (Wildman–Crippen MR) is 85.2 cm³/mol. The van der Waals surface area contributed by atoms with Gasteiger partial charge >= 0.3 is 0 Å². The van der Waals surface area contributed by atoms with Gasteiger partial charge in [-0.05, 0) is 28.2 Å². The van der Waals surface area contributed by atoms with Crippen LogP contribution in [-0.2, 0) is 12.8 Å². The van der Waals surface area contributed by atoms with Gasteiger partial charge < -0.3 is 0 Å². The summed E-state index contributed by atoms with van der Waals surface area (Å²) >= 11 is 6.66. The van der Waals surface area contributed by atoms with Gasteiger partial charge in [-0.25, -0.2) is 4.68 Å². The molecule has 3 rings (SSSR count). The molecular formula is C12H12N8S2. The SMILES string of the molecule is Cn1nnnc1SCc1n[nH]c(=S)n1/N=C/c1ccccc1. The Hall–Kier alpha value is -2.33. The fourth-order valence-corrected chi connectivity index (χ4v) is 2.63. The third kappa shape index (κ3) is 3.28. The lowest BCUT2D eigenvalue weighted by molar-refractivity contribution is 0.664. The Kier molecular flexibility index (Phi) is 4.39. The first kappa shape index (κ1) is 14.6. The summed E-state index contributed by atoms with van der Waals surface area (Å²) in [5, 5.41) is 23.3. The van der Waals surface area contributed by atoms with Crippen LogP contribution in [0, 0.1) is 4.77 Å². The summed E-state index contributed by atoms with van der Waals surface area (Å²) < 4.78 is 3.64. The standard InChI is InChI=1S/C12H12N8S2/c1-19-12(16-17-18-19)22-8-10-14-15-11(21)20(10)13-7-9-5-3-2-4-6-9/h2-7H,8H2,1H3,(H,15,21)/b13-7+. The zero-order valence-corrected chi connectivity index (χ0v) is 13.3. The first-order valence-corrected chi connectivity index (χ1v) is 7.74. The minimum Gasteiger partial charge on any atom is -0.250 e. The van der Waals surface area contributed by atoms with E-state index in [4.69, 9.17) is 12.2 Å². The molecule has 1 N–H and O–H groups in total. The fourth-order valence-electron chi connectivity index (χ4n) is 1.67. The molecular weight excluding hydrogens is 320 g/mol. The molecule has 8 nitrogen and oxygen atoms in total. The van der Waals surface area contributed by atoms with Crippen molar-refractivity contribution in [3.8, 4) is 0 Å². The molecule has 0 aliphatic heterocycles. The van der Waals surface area contributed by atoms with Crippen LogP contribution in [0.25, 0.3) is 0 Å². The van der Waals surface area contributed by atoms with E-state index < -0.39 is 0 Å². The molecule has 2 aromatic heterocycles. The van der Waals surface area contributed by atoms with Crippen molar-refractivity contribution in [3.05, 3.63) is 46.5 Å². The zero-order valence-electron chi connectivity index (χ0n) is 11.6. The number of rotatable bonds is 5. The molecule has 0 amide bonds. The van der Waals surface area contributed by atoms with E-state index in [1.807, 2.05) is 30.3 Å². The molecule has 0 aliphatic carbocycles. The molecule has 112 valence electrons. The van der Waals surface area contributed by atoms with Crippen LogP contribution in [-0.4, -0.2) is 41.3 Å². The van der Waals surface area contributed by atoms with Crippen molar-refractivity contribution >= 4 is 30.2 Å². The van der Waals surface area contributed by atoms with Crippen molar-refractivity contribution in [2.24, 2.45) is 12.1 Å². The number of hydrogen-bond donors (Lipinski definition) is 1. The Morgan fingerprint density at radius 2 is 2.18 bits per heavy atom. The second-order valence-corrected chi connectivity index (χ2v) is 5.61. The van der Waals surface area contributed by atoms with Crippen molar-refractivity contribution in [3.63, 3.8) is 0 Å². The molecule has 2 heterocycles. The number of aromatic nitrogens is 7. The maximum absolute atomic E-state index is 5.20. The quantitative estimate of drug-likeness (QED) is 0.434. The third-order valence-corrected chi connectivity index (χ3v) is 4.02. The highest BCUT2D eigenvalue weighted by Crippen LogP contribution is 2.18. The molecule has 0 bridgehead atoms. The van der Waals surface area contributed by atoms with Gasteiger partial charge in [0.05, 0.1) is 12.0 Å². The van der Waals surface area contributed by atoms with Gasteiger partial charge in [0.15, 0.2) is 5.82 Å². The van der Waals surface area contributed by atoms with Crippen LogP contribution in [0.1, 0.15) is 11.4 Å². The lowest BCUT2D eigenvalue weighted by Crippen LogP contribution is -1.99.